The third kappa shape index (κ3) is 2.29. The van der Waals surface area contributed by atoms with Crippen LogP contribution in [0.3, 0.4) is 0 Å². The maximum Gasteiger partial charge on any atom is 0.351 e. The summed E-state index contributed by atoms with van der Waals surface area (Å²) in [5.74, 6) is 0.834. The third-order valence-electron chi connectivity index (χ3n) is 5.16. The van der Waals surface area contributed by atoms with Crippen molar-refractivity contribution in [3.8, 4) is 0 Å². The highest BCUT2D eigenvalue weighted by Gasteiger charge is 2.33. The number of pyridine rings is 1. The minimum atomic E-state index is -0.0245. The predicted octanol–water partition coefficient (Wildman–Crippen LogP) is 2.11. The number of nitrogens with zero attached hydrogens (tertiary/aromatic N) is 4. The second kappa shape index (κ2) is 5.30. The van der Waals surface area contributed by atoms with Crippen LogP contribution >= 0.6 is 0 Å². The van der Waals surface area contributed by atoms with Crippen molar-refractivity contribution in [1.29, 1.82) is 0 Å². The van der Waals surface area contributed by atoms with Gasteiger partial charge in [-0.15, -0.1) is 5.10 Å². The number of hydrogen-bond donors (Lipinski definition) is 0. The van der Waals surface area contributed by atoms with Crippen molar-refractivity contribution in [3.05, 3.63) is 34.9 Å². The van der Waals surface area contributed by atoms with Gasteiger partial charge in [0.2, 0.25) is 0 Å². The van der Waals surface area contributed by atoms with Crippen molar-refractivity contribution < 1.29 is 0 Å². The summed E-state index contributed by atoms with van der Waals surface area (Å²) in [5.41, 5.74) is 0.711. The van der Waals surface area contributed by atoms with Gasteiger partial charge in [0, 0.05) is 18.8 Å². The van der Waals surface area contributed by atoms with Gasteiger partial charge in [0.1, 0.15) is 0 Å². The van der Waals surface area contributed by atoms with Gasteiger partial charge in [0.15, 0.2) is 5.65 Å². The lowest BCUT2D eigenvalue weighted by atomic mass is 9.78. The molecule has 5 heteroatoms. The predicted molar refractivity (Wildman–Crippen MR) is 81.1 cm³/mol. The number of fused-ring (bicyclic) bond motifs is 2. The van der Waals surface area contributed by atoms with Crippen molar-refractivity contribution in [2.45, 2.75) is 51.2 Å². The summed E-state index contributed by atoms with van der Waals surface area (Å²) in [6.45, 7) is 1.74. The number of rotatable bonds is 2. The van der Waals surface area contributed by atoms with Crippen LogP contribution in [0.25, 0.3) is 5.65 Å². The summed E-state index contributed by atoms with van der Waals surface area (Å²) in [4.78, 5) is 14.9. The number of hydrogen-bond acceptors (Lipinski definition) is 3. The van der Waals surface area contributed by atoms with Gasteiger partial charge in [-0.1, -0.05) is 18.9 Å². The Hall–Kier alpha value is -1.62. The van der Waals surface area contributed by atoms with Crippen LogP contribution in [-0.2, 0) is 6.67 Å². The fourth-order valence-corrected chi connectivity index (χ4v) is 4.14. The normalized spacial score (nSPS) is 26.9. The van der Waals surface area contributed by atoms with Gasteiger partial charge in [-0.3, -0.25) is 9.30 Å². The fourth-order valence-electron chi connectivity index (χ4n) is 4.14. The van der Waals surface area contributed by atoms with Crippen molar-refractivity contribution >= 4 is 5.65 Å². The Balaban J connectivity index is 1.61. The minimum absolute atomic E-state index is 0.0245. The van der Waals surface area contributed by atoms with E-state index in [1.54, 1.807) is 15.3 Å². The van der Waals surface area contributed by atoms with Gasteiger partial charge in [0.05, 0.1) is 6.67 Å². The van der Waals surface area contributed by atoms with Gasteiger partial charge in [-0.25, -0.2) is 4.79 Å². The van der Waals surface area contributed by atoms with Crippen molar-refractivity contribution in [2.75, 3.05) is 6.54 Å². The van der Waals surface area contributed by atoms with E-state index in [-0.39, 0.29) is 5.69 Å². The molecule has 2 fully saturated rings. The topological polar surface area (TPSA) is 42.5 Å². The SMILES string of the molecule is O=c1n(CN2CCC[C@@H]3CCCC[C@H]32)nc2ccccn12. The van der Waals surface area contributed by atoms with Crippen molar-refractivity contribution in [2.24, 2.45) is 5.92 Å². The first-order valence-corrected chi connectivity index (χ1v) is 8.11. The Labute approximate surface area is 124 Å². The molecule has 2 atom stereocenters. The monoisotopic (exact) mass is 286 g/mol. The molecule has 1 saturated carbocycles. The highest BCUT2D eigenvalue weighted by Crippen LogP contribution is 2.35. The summed E-state index contributed by atoms with van der Waals surface area (Å²) in [5, 5.41) is 4.47. The molecule has 0 unspecified atom stereocenters. The summed E-state index contributed by atoms with van der Waals surface area (Å²) in [6.07, 6.45) is 9.76. The van der Waals surface area contributed by atoms with Gasteiger partial charge < -0.3 is 0 Å². The van der Waals surface area contributed by atoms with Crippen LogP contribution in [0, 0.1) is 5.92 Å². The lowest BCUT2D eigenvalue weighted by molar-refractivity contribution is 0.0319. The molecule has 2 aromatic heterocycles. The van der Waals surface area contributed by atoms with Gasteiger partial charge in [0.25, 0.3) is 0 Å². The average molecular weight is 286 g/mol. The molecule has 1 aliphatic carbocycles. The van der Waals surface area contributed by atoms with E-state index in [9.17, 15) is 4.79 Å². The Bertz CT molecular complexity index is 687. The molecule has 3 heterocycles. The maximum atomic E-state index is 12.4. The lowest BCUT2D eigenvalue weighted by Crippen LogP contribution is -2.48. The molecule has 112 valence electrons. The molecule has 2 aromatic rings. The summed E-state index contributed by atoms with van der Waals surface area (Å²) in [6, 6.07) is 6.34. The quantitative estimate of drug-likeness (QED) is 0.849. The van der Waals surface area contributed by atoms with Gasteiger partial charge in [-0.05, 0) is 43.7 Å². The Kier molecular flexibility index (Phi) is 3.30. The maximum absolute atomic E-state index is 12.4. The zero-order valence-electron chi connectivity index (χ0n) is 12.3. The van der Waals surface area contributed by atoms with Crippen LogP contribution in [0.2, 0.25) is 0 Å². The average Bonchev–Trinajstić information content (AvgIpc) is 2.85. The first-order chi connectivity index (χ1) is 10.3. The second-order valence-corrected chi connectivity index (χ2v) is 6.42. The van der Waals surface area contributed by atoms with E-state index in [2.05, 4.69) is 10.00 Å². The molecule has 1 saturated heterocycles. The van der Waals surface area contributed by atoms with Crippen LogP contribution in [0.5, 0.6) is 0 Å². The van der Waals surface area contributed by atoms with Crippen molar-refractivity contribution in [1.82, 2.24) is 19.1 Å². The zero-order chi connectivity index (χ0) is 14.2. The van der Waals surface area contributed by atoms with E-state index in [4.69, 9.17) is 0 Å². The Morgan fingerprint density at radius 1 is 1.14 bits per heavy atom. The van der Waals surface area contributed by atoms with Crippen LogP contribution < -0.4 is 5.69 Å². The molecule has 0 spiro atoms. The summed E-state index contributed by atoms with van der Waals surface area (Å²) in [7, 11) is 0. The molecule has 0 radical (unpaired) electrons. The highest BCUT2D eigenvalue weighted by molar-refractivity contribution is 5.35. The summed E-state index contributed by atoms with van der Waals surface area (Å²) < 4.78 is 3.26. The zero-order valence-corrected chi connectivity index (χ0v) is 12.3. The minimum Gasteiger partial charge on any atom is -0.281 e. The molecule has 0 amide bonds. The smallest absolute Gasteiger partial charge is 0.281 e. The van der Waals surface area contributed by atoms with Crippen molar-refractivity contribution in [3.63, 3.8) is 0 Å². The van der Waals surface area contributed by atoms with Crippen LogP contribution in [-0.4, -0.2) is 31.7 Å². The third-order valence-corrected chi connectivity index (χ3v) is 5.16. The largest absolute Gasteiger partial charge is 0.351 e. The van der Waals surface area contributed by atoms with Crippen LogP contribution in [0.15, 0.2) is 29.2 Å². The number of piperidine rings is 1. The van der Waals surface area contributed by atoms with Gasteiger partial charge >= 0.3 is 5.69 Å². The standard InChI is InChI=1S/C16H22N4O/c21-16-19-11-4-3-9-15(19)17-20(16)12-18-10-5-7-13-6-1-2-8-14(13)18/h3-4,9,11,13-14H,1-2,5-8,10,12H2/t13-,14+/m0/s1. The molecule has 5 nitrogen and oxygen atoms in total. The molecule has 21 heavy (non-hydrogen) atoms. The fraction of sp³-hybridized carbons (Fsp3) is 0.625. The molecule has 2 aliphatic rings. The first kappa shape index (κ1) is 13.1. The number of likely N-dealkylation sites (tertiary alicyclic amines) is 1. The van der Waals surface area contributed by atoms with Gasteiger partial charge in [-0.2, -0.15) is 4.68 Å². The number of aromatic nitrogens is 3. The van der Waals surface area contributed by atoms with E-state index in [0.717, 1.165) is 18.1 Å². The molecule has 0 bridgehead atoms. The highest BCUT2D eigenvalue weighted by atomic mass is 16.2. The lowest BCUT2D eigenvalue weighted by Gasteiger charge is -2.43. The molecular weight excluding hydrogens is 264 g/mol. The van der Waals surface area contributed by atoms with Crippen LogP contribution in [0.4, 0.5) is 0 Å². The first-order valence-electron chi connectivity index (χ1n) is 8.11. The second-order valence-electron chi connectivity index (χ2n) is 6.42. The van der Waals surface area contributed by atoms with Crippen LogP contribution in [0.1, 0.15) is 38.5 Å². The molecule has 1 aliphatic heterocycles. The van der Waals surface area contributed by atoms with E-state index in [0.29, 0.717) is 12.7 Å². The molecule has 4 rings (SSSR count). The van der Waals surface area contributed by atoms with E-state index in [1.807, 2.05) is 18.2 Å². The Morgan fingerprint density at radius 2 is 2.00 bits per heavy atom. The molecular formula is C16H22N4O. The molecule has 0 aromatic carbocycles. The Morgan fingerprint density at radius 3 is 2.90 bits per heavy atom. The van der Waals surface area contributed by atoms with E-state index in [1.165, 1.54) is 38.5 Å². The van der Waals surface area contributed by atoms with E-state index < -0.39 is 0 Å². The molecule has 0 N–H and O–H groups in total. The summed E-state index contributed by atoms with van der Waals surface area (Å²) >= 11 is 0. The van der Waals surface area contributed by atoms with E-state index >= 15 is 0 Å².